The molecule has 1 aliphatic rings. The van der Waals surface area contributed by atoms with Crippen molar-refractivity contribution in [2.75, 3.05) is 6.54 Å². The summed E-state index contributed by atoms with van der Waals surface area (Å²) in [5.41, 5.74) is 7.35. The maximum Gasteiger partial charge on any atom is 0.239 e. The Morgan fingerprint density at radius 2 is 2.27 bits per heavy atom. The molecule has 0 aliphatic carbocycles. The van der Waals surface area contributed by atoms with Crippen LogP contribution in [0.1, 0.15) is 17.2 Å². The van der Waals surface area contributed by atoms with Crippen molar-refractivity contribution in [3.8, 4) is 0 Å². The SMILES string of the molecule is NC(=O)C1NCCc2cc(Cl)ccc21.O. The van der Waals surface area contributed by atoms with Gasteiger partial charge in [-0.2, -0.15) is 0 Å². The van der Waals surface area contributed by atoms with E-state index in [0.29, 0.717) is 5.02 Å². The summed E-state index contributed by atoms with van der Waals surface area (Å²) in [6.45, 7) is 0.765. The van der Waals surface area contributed by atoms with Crippen molar-refractivity contribution in [2.45, 2.75) is 12.5 Å². The molecule has 0 aromatic heterocycles. The molecule has 1 unspecified atom stereocenters. The Morgan fingerprint density at radius 1 is 1.53 bits per heavy atom. The summed E-state index contributed by atoms with van der Waals surface area (Å²) in [4.78, 5) is 11.1. The monoisotopic (exact) mass is 228 g/mol. The van der Waals surface area contributed by atoms with Gasteiger partial charge in [-0.1, -0.05) is 17.7 Å². The molecule has 1 atom stereocenters. The molecule has 0 saturated heterocycles. The summed E-state index contributed by atoms with van der Waals surface area (Å²) >= 11 is 5.87. The molecule has 1 aliphatic heterocycles. The molecule has 0 spiro atoms. The van der Waals surface area contributed by atoms with E-state index in [1.807, 2.05) is 12.1 Å². The number of amides is 1. The third-order valence-corrected chi connectivity index (χ3v) is 2.68. The number of benzene rings is 1. The highest BCUT2D eigenvalue weighted by atomic mass is 35.5. The average Bonchev–Trinajstić information content (AvgIpc) is 2.16. The van der Waals surface area contributed by atoms with Crippen LogP contribution in [-0.2, 0) is 11.2 Å². The number of halogens is 1. The summed E-state index contributed by atoms with van der Waals surface area (Å²) in [7, 11) is 0. The number of hydrogen-bond acceptors (Lipinski definition) is 2. The first kappa shape index (κ1) is 12.0. The molecular formula is C10H13ClN2O2. The van der Waals surface area contributed by atoms with E-state index < -0.39 is 0 Å². The number of hydrogen-bond donors (Lipinski definition) is 2. The van der Waals surface area contributed by atoms with E-state index in [4.69, 9.17) is 17.3 Å². The van der Waals surface area contributed by atoms with Crippen LogP contribution in [0.3, 0.4) is 0 Å². The number of nitrogens with two attached hydrogens (primary N) is 1. The van der Waals surface area contributed by atoms with Crippen molar-refractivity contribution in [1.82, 2.24) is 5.32 Å². The molecule has 0 fully saturated rings. The van der Waals surface area contributed by atoms with Gasteiger partial charge in [-0.25, -0.2) is 0 Å². The molecule has 0 bridgehead atoms. The fraction of sp³-hybridized carbons (Fsp3) is 0.300. The van der Waals surface area contributed by atoms with Crippen molar-refractivity contribution in [3.63, 3.8) is 0 Å². The van der Waals surface area contributed by atoms with Gasteiger partial charge in [-0.15, -0.1) is 0 Å². The lowest BCUT2D eigenvalue weighted by atomic mass is 9.94. The first-order valence-corrected chi connectivity index (χ1v) is 4.87. The van der Waals surface area contributed by atoms with Crippen molar-refractivity contribution < 1.29 is 10.3 Å². The number of carbonyl (C=O) groups is 1. The standard InChI is InChI=1S/C10H11ClN2O.H2O/c11-7-1-2-8-6(5-7)3-4-13-9(8)10(12)14;/h1-2,5,9,13H,3-4H2,(H2,12,14);1H2. The molecule has 0 radical (unpaired) electrons. The van der Waals surface area contributed by atoms with Crippen LogP contribution >= 0.6 is 11.6 Å². The van der Waals surface area contributed by atoms with E-state index in [2.05, 4.69) is 5.32 Å². The smallest absolute Gasteiger partial charge is 0.239 e. The zero-order valence-corrected chi connectivity index (χ0v) is 8.84. The predicted molar refractivity (Wildman–Crippen MR) is 58.7 cm³/mol. The normalized spacial score (nSPS) is 18.9. The van der Waals surface area contributed by atoms with Gasteiger partial charge in [0.05, 0.1) is 0 Å². The van der Waals surface area contributed by atoms with Crippen molar-refractivity contribution in [2.24, 2.45) is 5.73 Å². The van der Waals surface area contributed by atoms with Gasteiger partial charge in [0.25, 0.3) is 0 Å². The topological polar surface area (TPSA) is 86.6 Å². The van der Waals surface area contributed by atoms with E-state index in [1.165, 1.54) is 0 Å². The Morgan fingerprint density at radius 3 is 2.93 bits per heavy atom. The number of fused-ring (bicyclic) bond motifs is 1. The van der Waals surface area contributed by atoms with Crippen LogP contribution in [0.2, 0.25) is 5.02 Å². The van der Waals surface area contributed by atoms with Gasteiger partial charge in [0.2, 0.25) is 5.91 Å². The van der Waals surface area contributed by atoms with Crippen LogP contribution in [0.4, 0.5) is 0 Å². The summed E-state index contributed by atoms with van der Waals surface area (Å²) < 4.78 is 0. The molecule has 0 saturated carbocycles. The lowest BCUT2D eigenvalue weighted by Gasteiger charge is -2.24. The molecule has 5 heteroatoms. The lowest BCUT2D eigenvalue weighted by molar-refractivity contribution is -0.120. The third kappa shape index (κ3) is 2.28. The number of rotatable bonds is 1. The van der Waals surface area contributed by atoms with Crippen molar-refractivity contribution in [1.29, 1.82) is 0 Å². The van der Waals surface area contributed by atoms with Crippen molar-refractivity contribution in [3.05, 3.63) is 34.3 Å². The number of nitrogens with one attached hydrogen (secondary N) is 1. The lowest BCUT2D eigenvalue weighted by Crippen LogP contribution is -2.38. The van der Waals surface area contributed by atoms with Gasteiger partial charge in [-0.3, -0.25) is 4.79 Å². The number of carbonyl (C=O) groups excluding carboxylic acids is 1. The average molecular weight is 229 g/mol. The van der Waals surface area contributed by atoms with E-state index in [0.717, 1.165) is 24.1 Å². The van der Waals surface area contributed by atoms with Crippen LogP contribution in [0.25, 0.3) is 0 Å². The van der Waals surface area contributed by atoms with Gasteiger partial charge in [0.15, 0.2) is 0 Å². The first-order valence-electron chi connectivity index (χ1n) is 4.49. The second kappa shape index (κ2) is 4.61. The fourth-order valence-corrected chi connectivity index (χ4v) is 1.98. The second-order valence-corrected chi connectivity index (χ2v) is 3.82. The molecule has 82 valence electrons. The Hall–Kier alpha value is -1.10. The summed E-state index contributed by atoms with van der Waals surface area (Å²) in [6.07, 6.45) is 0.889. The molecule has 2 rings (SSSR count). The zero-order chi connectivity index (χ0) is 10.1. The second-order valence-electron chi connectivity index (χ2n) is 3.38. The Kier molecular flexibility index (Phi) is 3.68. The number of primary amides is 1. The van der Waals surface area contributed by atoms with Gasteiger partial charge < -0.3 is 16.5 Å². The first-order chi connectivity index (χ1) is 6.68. The quantitative estimate of drug-likeness (QED) is 0.719. The van der Waals surface area contributed by atoms with Crippen LogP contribution < -0.4 is 11.1 Å². The minimum atomic E-state index is -0.365. The van der Waals surface area contributed by atoms with Gasteiger partial charge in [-0.05, 0) is 29.7 Å². The molecule has 15 heavy (non-hydrogen) atoms. The van der Waals surface area contributed by atoms with E-state index in [9.17, 15) is 4.79 Å². The van der Waals surface area contributed by atoms with E-state index >= 15 is 0 Å². The Labute approximate surface area is 92.7 Å². The van der Waals surface area contributed by atoms with E-state index in [1.54, 1.807) is 6.07 Å². The largest absolute Gasteiger partial charge is 0.412 e. The maximum atomic E-state index is 11.1. The summed E-state index contributed by atoms with van der Waals surface area (Å²) in [5.74, 6) is -0.340. The summed E-state index contributed by atoms with van der Waals surface area (Å²) in [6, 6.07) is 5.17. The van der Waals surface area contributed by atoms with Crippen LogP contribution in [0.15, 0.2) is 18.2 Å². The molecule has 1 aromatic rings. The van der Waals surface area contributed by atoms with Gasteiger partial charge >= 0.3 is 0 Å². The fourth-order valence-electron chi connectivity index (χ4n) is 1.79. The minimum absolute atomic E-state index is 0. The highest BCUT2D eigenvalue weighted by Crippen LogP contribution is 2.25. The van der Waals surface area contributed by atoms with Gasteiger partial charge in [0, 0.05) is 11.6 Å². The highest BCUT2D eigenvalue weighted by molar-refractivity contribution is 6.30. The minimum Gasteiger partial charge on any atom is -0.412 e. The molecule has 1 aromatic carbocycles. The zero-order valence-electron chi connectivity index (χ0n) is 8.09. The van der Waals surface area contributed by atoms with E-state index in [-0.39, 0.29) is 17.4 Å². The van der Waals surface area contributed by atoms with Crippen LogP contribution in [0, 0.1) is 0 Å². The van der Waals surface area contributed by atoms with Crippen molar-refractivity contribution >= 4 is 17.5 Å². The van der Waals surface area contributed by atoms with Crippen LogP contribution in [-0.4, -0.2) is 17.9 Å². The molecule has 1 heterocycles. The highest BCUT2D eigenvalue weighted by Gasteiger charge is 2.23. The molecule has 4 nitrogen and oxygen atoms in total. The summed E-state index contributed by atoms with van der Waals surface area (Å²) in [5, 5.41) is 3.78. The maximum absolute atomic E-state index is 11.1. The molecular weight excluding hydrogens is 216 g/mol. The van der Waals surface area contributed by atoms with Gasteiger partial charge in [0.1, 0.15) is 6.04 Å². The molecule has 1 amide bonds. The molecule has 5 N–H and O–H groups in total. The predicted octanol–water partition coefficient (Wildman–Crippen LogP) is 0.187. The third-order valence-electron chi connectivity index (χ3n) is 2.44. The Bertz CT molecular complexity index is 382. The van der Waals surface area contributed by atoms with Crippen LogP contribution in [0.5, 0.6) is 0 Å². The Balaban J connectivity index is 0.00000112.